The molecule has 2 saturated heterocycles. The molecule has 2 heterocycles. The number of allylic oxidation sites excluding steroid dienone is 1. The Bertz CT molecular complexity index is 477. The van der Waals surface area contributed by atoms with Gasteiger partial charge in [-0.25, -0.2) is 9.69 Å². The molecule has 2 rings (SSSR count). The summed E-state index contributed by atoms with van der Waals surface area (Å²) in [6.45, 7) is 10.6. The maximum atomic E-state index is 12.9. The van der Waals surface area contributed by atoms with E-state index in [1.807, 2.05) is 27.8 Å². The zero-order valence-corrected chi connectivity index (χ0v) is 14.6. The number of imide groups is 1. The molecule has 3 atom stereocenters. The molecule has 0 spiro atoms. The fourth-order valence-electron chi connectivity index (χ4n) is 3.23. The van der Waals surface area contributed by atoms with E-state index in [9.17, 15) is 9.59 Å². The molecule has 0 aromatic carbocycles. The van der Waals surface area contributed by atoms with Crippen LogP contribution in [0.15, 0.2) is 12.7 Å². The lowest BCUT2D eigenvalue weighted by Gasteiger charge is -2.31. The highest BCUT2D eigenvalue weighted by Crippen LogP contribution is 2.31. The molecule has 6 heteroatoms. The Hall–Kier alpha value is -1.40. The van der Waals surface area contributed by atoms with E-state index >= 15 is 0 Å². The Kier molecular flexibility index (Phi) is 5.47. The first kappa shape index (κ1) is 17.9. The third-order valence-electron chi connectivity index (χ3n) is 5.05. The molecule has 2 aliphatic heterocycles. The lowest BCUT2D eigenvalue weighted by molar-refractivity contribution is -0.134. The Morgan fingerprint density at radius 1 is 1.43 bits per heavy atom. The molecular formula is C17H28N2O4. The van der Waals surface area contributed by atoms with E-state index in [0.29, 0.717) is 32.5 Å². The van der Waals surface area contributed by atoms with Gasteiger partial charge in [-0.05, 0) is 40.2 Å². The maximum absolute atomic E-state index is 12.9. The Labute approximate surface area is 138 Å². The van der Waals surface area contributed by atoms with Gasteiger partial charge in [-0.15, -0.1) is 6.58 Å². The second-order valence-electron chi connectivity index (χ2n) is 6.83. The molecule has 0 N–H and O–H groups in total. The molecule has 2 aliphatic rings. The van der Waals surface area contributed by atoms with Gasteiger partial charge in [-0.3, -0.25) is 9.69 Å². The fraction of sp³-hybridized carbons (Fsp3) is 0.765. The van der Waals surface area contributed by atoms with Crippen LogP contribution in [0.4, 0.5) is 4.79 Å². The lowest BCUT2D eigenvalue weighted by atomic mass is 9.94. The zero-order chi connectivity index (χ0) is 17.2. The van der Waals surface area contributed by atoms with Crippen LogP contribution in [-0.4, -0.2) is 59.9 Å². The highest BCUT2D eigenvalue weighted by Gasteiger charge is 2.43. The largest absolute Gasteiger partial charge is 0.447 e. The van der Waals surface area contributed by atoms with Crippen molar-refractivity contribution >= 4 is 12.0 Å². The summed E-state index contributed by atoms with van der Waals surface area (Å²) in [6.07, 6.45) is 3.12. The van der Waals surface area contributed by atoms with Crippen molar-refractivity contribution in [2.75, 3.05) is 20.3 Å². The van der Waals surface area contributed by atoms with E-state index < -0.39 is 6.09 Å². The topological polar surface area (TPSA) is 59.1 Å². The molecule has 0 saturated carbocycles. The van der Waals surface area contributed by atoms with Crippen LogP contribution in [-0.2, 0) is 14.3 Å². The monoisotopic (exact) mass is 324 g/mol. The van der Waals surface area contributed by atoms with Crippen molar-refractivity contribution < 1.29 is 19.1 Å². The minimum absolute atomic E-state index is 0.151. The van der Waals surface area contributed by atoms with Gasteiger partial charge in [-0.1, -0.05) is 13.0 Å². The molecule has 23 heavy (non-hydrogen) atoms. The average Bonchev–Trinajstić information content (AvgIpc) is 3.00. The summed E-state index contributed by atoms with van der Waals surface area (Å²) in [7, 11) is 2.01. The van der Waals surface area contributed by atoms with Gasteiger partial charge in [0.05, 0.1) is 12.6 Å². The lowest BCUT2D eigenvalue weighted by Crippen LogP contribution is -2.45. The van der Waals surface area contributed by atoms with Crippen molar-refractivity contribution in [3.05, 3.63) is 12.7 Å². The van der Waals surface area contributed by atoms with E-state index in [0.717, 1.165) is 0 Å². The molecule has 0 aromatic rings. The Morgan fingerprint density at radius 3 is 2.65 bits per heavy atom. The van der Waals surface area contributed by atoms with Crippen molar-refractivity contribution in [1.29, 1.82) is 0 Å². The minimum atomic E-state index is -0.521. The summed E-state index contributed by atoms with van der Waals surface area (Å²) < 4.78 is 10.8. The summed E-state index contributed by atoms with van der Waals surface area (Å²) in [5.74, 6) is -0.436. The van der Waals surface area contributed by atoms with Crippen LogP contribution in [0.2, 0.25) is 0 Å². The zero-order valence-electron chi connectivity index (χ0n) is 14.6. The Morgan fingerprint density at radius 2 is 2.13 bits per heavy atom. The van der Waals surface area contributed by atoms with Gasteiger partial charge in [-0.2, -0.15) is 0 Å². The van der Waals surface area contributed by atoms with E-state index in [4.69, 9.17) is 9.47 Å². The highest BCUT2D eigenvalue weighted by atomic mass is 16.6. The predicted octanol–water partition coefficient (Wildman–Crippen LogP) is 2.39. The number of carbonyl (C=O) groups excluding carboxylic acids is 2. The molecule has 130 valence electrons. The first-order valence-corrected chi connectivity index (χ1v) is 8.29. The SMILES string of the molecule is C=CC[C@@H](C[C@H]1COC(C)(C)N1C)C(=O)N1C(=O)OC[C@@H]1CC. The number of nitrogens with zero attached hydrogens (tertiary/aromatic N) is 2. The van der Waals surface area contributed by atoms with E-state index in [-0.39, 0.29) is 29.6 Å². The first-order valence-electron chi connectivity index (χ1n) is 8.29. The summed E-state index contributed by atoms with van der Waals surface area (Å²) in [5, 5.41) is 0. The number of hydrogen-bond donors (Lipinski definition) is 0. The van der Waals surface area contributed by atoms with Crippen molar-refractivity contribution in [2.24, 2.45) is 5.92 Å². The van der Waals surface area contributed by atoms with Gasteiger partial charge >= 0.3 is 6.09 Å². The van der Waals surface area contributed by atoms with Crippen LogP contribution >= 0.6 is 0 Å². The number of hydrogen-bond acceptors (Lipinski definition) is 5. The van der Waals surface area contributed by atoms with Gasteiger partial charge in [0.15, 0.2) is 0 Å². The average molecular weight is 324 g/mol. The van der Waals surface area contributed by atoms with Crippen LogP contribution in [0.1, 0.15) is 40.0 Å². The van der Waals surface area contributed by atoms with Crippen LogP contribution in [0.3, 0.4) is 0 Å². The van der Waals surface area contributed by atoms with Crippen molar-refractivity contribution in [1.82, 2.24) is 9.80 Å². The molecule has 2 fully saturated rings. The highest BCUT2D eigenvalue weighted by molar-refractivity contribution is 5.94. The summed E-state index contributed by atoms with van der Waals surface area (Å²) >= 11 is 0. The molecule has 0 unspecified atom stereocenters. The van der Waals surface area contributed by atoms with Gasteiger partial charge in [0, 0.05) is 12.0 Å². The standard InChI is InChI=1S/C17H28N2O4/c1-6-8-12(9-14-11-23-17(3,4)18(14)5)15(20)19-13(7-2)10-22-16(19)21/h6,12-14H,1,7-11H2,2-5H3/t12-,13-,14-/m0/s1. The molecule has 0 bridgehead atoms. The van der Waals surface area contributed by atoms with Crippen LogP contribution in [0.5, 0.6) is 0 Å². The number of rotatable bonds is 6. The third kappa shape index (κ3) is 3.58. The summed E-state index contributed by atoms with van der Waals surface area (Å²) in [4.78, 5) is 28.3. The number of cyclic esters (lactones) is 1. The first-order chi connectivity index (χ1) is 10.8. The van der Waals surface area contributed by atoms with Crippen molar-refractivity contribution in [3.8, 4) is 0 Å². The molecule has 6 nitrogen and oxygen atoms in total. The molecule has 0 aromatic heterocycles. The predicted molar refractivity (Wildman–Crippen MR) is 86.8 cm³/mol. The van der Waals surface area contributed by atoms with Crippen molar-refractivity contribution in [3.63, 3.8) is 0 Å². The summed E-state index contributed by atoms with van der Waals surface area (Å²) in [6, 6.07) is -0.00564. The van der Waals surface area contributed by atoms with Crippen LogP contribution in [0, 0.1) is 5.92 Å². The number of ether oxygens (including phenoxy) is 2. The number of carbonyl (C=O) groups is 2. The molecule has 0 radical (unpaired) electrons. The van der Waals surface area contributed by atoms with E-state index in [2.05, 4.69) is 11.5 Å². The minimum Gasteiger partial charge on any atom is -0.447 e. The van der Waals surface area contributed by atoms with E-state index in [1.165, 1.54) is 4.90 Å². The fourth-order valence-corrected chi connectivity index (χ4v) is 3.23. The smallest absolute Gasteiger partial charge is 0.416 e. The van der Waals surface area contributed by atoms with Crippen LogP contribution in [0.25, 0.3) is 0 Å². The van der Waals surface area contributed by atoms with Crippen LogP contribution < -0.4 is 0 Å². The number of likely N-dealkylation sites (N-methyl/N-ethyl adjacent to an activating group) is 1. The van der Waals surface area contributed by atoms with Gasteiger partial charge in [0.1, 0.15) is 12.3 Å². The van der Waals surface area contributed by atoms with E-state index in [1.54, 1.807) is 6.08 Å². The summed E-state index contributed by atoms with van der Waals surface area (Å²) in [5.41, 5.74) is -0.328. The molecule has 2 amide bonds. The number of amides is 2. The Balaban J connectivity index is 2.10. The van der Waals surface area contributed by atoms with Gasteiger partial charge in [0.2, 0.25) is 5.91 Å². The quantitative estimate of drug-likeness (QED) is 0.702. The molecule has 0 aliphatic carbocycles. The van der Waals surface area contributed by atoms with Gasteiger partial charge in [0.25, 0.3) is 0 Å². The van der Waals surface area contributed by atoms with Gasteiger partial charge < -0.3 is 9.47 Å². The van der Waals surface area contributed by atoms with Crippen molar-refractivity contribution in [2.45, 2.75) is 57.8 Å². The third-order valence-corrected chi connectivity index (χ3v) is 5.05. The second kappa shape index (κ2) is 7.01. The molecular weight excluding hydrogens is 296 g/mol. The maximum Gasteiger partial charge on any atom is 0.416 e. The second-order valence-corrected chi connectivity index (χ2v) is 6.83. The normalized spacial score (nSPS) is 28.7.